The molecule has 1 rings (SSSR count). The molecule has 0 amide bonds. The molecular weight excluding hydrogens is 159 g/mol. The Balaban J connectivity index is 2.59. The fourth-order valence-corrected chi connectivity index (χ4v) is 0.785. The van der Waals surface area contributed by atoms with Gasteiger partial charge in [-0.1, -0.05) is 6.92 Å². The molecule has 0 N–H and O–H groups in total. The van der Waals surface area contributed by atoms with Crippen LogP contribution in [-0.2, 0) is 4.74 Å². The van der Waals surface area contributed by atoms with Gasteiger partial charge in [-0.25, -0.2) is 4.99 Å². The summed E-state index contributed by atoms with van der Waals surface area (Å²) >= 11 is 0. The zero-order chi connectivity index (χ0) is 8.48. The lowest BCUT2D eigenvalue weighted by Gasteiger charge is -2.08. The fourth-order valence-electron chi connectivity index (χ4n) is 0.785. The second-order valence-electron chi connectivity index (χ2n) is 2.24. The van der Waals surface area contributed by atoms with Crippen LogP contribution >= 0.6 is 0 Å². The molecule has 5 heteroatoms. The van der Waals surface area contributed by atoms with Gasteiger partial charge < -0.3 is 4.74 Å². The molecule has 0 aromatic rings. The van der Waals surface area contributed by atoms with Gasteiger partial charge in [0.05, 0.1) is 0 Å². The van der Waals surface area contributed by atoms with Gasteiger partial charge in [-0.15, -0.1) is 0 Å². The van der Waals surface area contributed by atoms with Gasteiger partial charge in [0.15, 0.2) is 11.9 Å². The molecule has 1 aliphatic rings. The maximum atomic E-state index is 11.9. The van der Waals surface area contributed by atoms with Crippen molar-refractivity contribution in [3.8, 4) is 0 Å². The van der Waals surface area contributed by atoms with E-state index in [1.54, 1.807) is 6.92 Å². The molecule has 0 spiro atoms. The standard InChI is InChI=1S/C6H8F3NO/c1-2-5-10-4(3-11-5)6(7,8)9/h4H,2-3H2,1H3. The van der Waals surface area contributed by atoms with E-state index in [1.807, 2.05) is 0 Å². The lowest BCUT2D eigenvalue weighted by atomic mass is 10.3. The minimum atomic E-state index is -4.25. The first-order valence-electron chi connectivity index (χ1n) is 3.30. The monoisotopic (exact) mass is 167 g/mol. The van der Waals surface area contributed by atoms with E-state index in [2.05, 4.69) is 9.73 Å². The van der Waals surface area contributed by atoms with Crippen molar-refractivity contribution in [2.75, 3.05) is 6.61 Å². The molecule has 0 saturated carbocycles. The van der Waals surface area contributed by atoms with Crippen LogP contribution < -0.4 is 0 Å². The Kier molecular flexibility index (Phi) is 2.06. The summed E-state index contributed by atoms with van der Waals surface area (Å²) in [5.74, 6) is 0.201. The van der Waals surface area contributed by atoms with Crippen LogP contribution in [0.1, 0.15) is 13.3 Å². The van der Waals surface area contributed by atoms with E-state index >= 15 is 0 Å². The molecule has 1 aliphatic heterocycles. The van der Waals surface area contributed by atoms with Crippen LogP contribution in [0.15, 0.2) is 4.99 Å². The first-order valence-corrected chi connectivity index (χ1v) is 3.30. The predicted molar refractivity (Wildman–Crippen MR) is 33.5 cm³/mol. The molecule has 0 bridgehead atoms. The lowest BCUT2D eigenvalue weighted by Crippen LogP contribution is -2.27. The molecule has 0 aliphatic carbocycles. The van der Waals surface area contributed by atoms with Crippen molar-refractivity contribution < 1.29 is 17.9 Å². The van der Waals surface area contributed by atoms with Crippen molar-refractivity contribution in [3.63, 3.8) is 0 Å². The highest BCUT2D eigenvalue weighted by Gasteiger charge is 2.43. The zero-order valence-corrected chi connectivity index (χ0v) is 5.98. The van der Waals surface area contributed by atoms with Gasteiger partial charge in [-0.05, 0) is 0 Å². The first kappa shape index (κ1) is 8.36. The molecule has 11 heavy (non-hydrogen) atoms. The zero-order valence-electron chi connectivity index (χ0n) is 5.98. The molecule has 1 unspecified atom stereocenters. The maximum absolute atomic E-state index is 11.9. The molecule has 1 heterocycles. The Morgan fingerprint density at radius 3 is 2.55 bits per heavy atom. The topological polar surface area (TPSA) is 21.6 Å². The number of hydrogen-bond acceptors (Lipinski definition) is 2. The molecular formula is C6H8F3NO. The van der Waals surface area contributed by atoms with Crippen molar-refractivity contribution in [1.29, 1.82) is 0 Å². The second-order valence-corrected chi connectivity index (χ2v) is 2.24. The van der Waals surface area contributed by atoms with Gasteiger partial charge in [0.25, 0.3) is 0 Å². The number of aliphatic imine (C=N–C) groups is 1. The van der Waals surface area contributed by atoms with E-state index in [0.29, 0.717) is 6.42 Å². The summed E-state index contributed by atoms with van der Waals surface area (Å²) in [5.41, 5.74) is 0. The van der Waals surface area contributed by atoms with E-state index in [1.165, 1.54) is 0 Å². The van der Waals surface area contributed by atoms with Crippen molar-refractivity contribution in [1.82, 2.24) is 0 Å². The number of alkyl halides is 3. The maximum Gasteiger partial charge on any atom is 0.414 e. The quantitative estimate of drug-likeness (QED) is 0.583. The fraction of sp³-hybridized carbons (Fsp3) is 0.833. The number of rotatable bonds is 1. The Morgan fingerprint density at radius 1 is 1.64 bits per heavy atom. The van der Waals surface area contributed by atoms with Gasteiger partial charge in [-0.3, -0.25) is 0 Å². The van der Waals surface area contributed by atoms with Gasteiger partial charge in [-0.2, -0.15) is 13.2 Å². The van der Waals surface area contributed by atoms with Crippen LogP contribution in [0.25, 0.3) is 0 Å². The van der Waals surface area contributed by atoms with Gasteiger partial charge in [0, 0.05) is 6.42 Å². The molecule has 64 valence electrons. The third-order valence-electron chi connectivity index (χ3n) is 1.39. The number of ether oxygens (including phenoxy) is 1. The highest BCUT2D eigenvalue weighted by Crippen LogP contribution is 2.26. The number of halogens is 3. The lowest BCUT2D eigenvalue weighted by molar-refractivity contribution is -0.149. The first-order chi connectivity index (χ1) is 5.04. The minimum absolute atomic E-state index is 0.201. The van der Waals surface area contributed by atoms with E-state index in [-0.39, 0.29) is 12.5 Å². The van der Waals surface area contributed by atoms with Crippen LogP contribution in [0, 0.1) is 0 Å². The largest absolute Gasteiger partial charge is 0.478 e. The molecule has 0 fully saturated rings. The summed E-state index contributed by atoms with van der Waals surface area (Å²) in [6.07, 6.45) is -3.83. The number of hydrogen-bond donors (Lipinski definition) is 0. The van der Waals surface area contributed by atoms with E-state index < -0.39 is 12.2 Å². The summed E-state index contributed by atoms with van der Waals surface area (Å²) in [4.78, 5) is 3.35. The van der Waals surface area contributed by atoms with Gasteiger partial charge in [0.1, 0.15) is 6.61 Å². The highest BCUT2D eigenvalue weighted by atomic mass is 19.4. The summed E-state index contributed by atoms with van der Waals surface area (Å²) in [6.45, 7) is 1.35. The predicted octanol–water partition coefficient (Wildman–Crippen LogP) is 1.76. The molecule has 2 nitrogen and oxygen atoms in total. The van der Waals surface area contributed by atoms with Gasteiger partial charge >= 0.3 is 6.18 Å². The van der Waals surface area contributed by atoms with Crippen molar-refractivity contribution >= 4 is 5.90 Å². The van der Waals surface area contributed by atoms with Crippen LogP contribution in [-0.4, -0.2) is 24.7 Å². The third kappa shape index (κ3) is 1.85. The second kappa shape index (κ2) is 2.71. The average Bonchev–Trinajstić information content (AvgIpc) is 2.32. The molecule has 0 aromatic heterocycles. The van der Waals surface area contributed by atoms with Crippen LogP contribution in [0.5, 0.6) is 0 Å². The Hall–Kier alpha value is -0.740. The SMILES string of the molecule is CCC1=NC(C(F)(F)F)CO1. The third-order valence-corrected chi connectivity index (χ3v) is 1.39. The average molecular weight is 167 g/mol. The van der Waals surface area contributed by atoms with Crippen LogP contribution in [0.2, 0.25) is 0 Å². The van der Waals surface area contributed by atoms with E-state index in [4.69, 9.17) is 0 Å². The summed E-state index contributed by atoms with van der Waals surface area (Å²) in [7, 11) is 0. The molecule has 0 aromatic carbocycles. The summed E-state index contributed by atoms with van der Waals surface area (Å²) in [6, 6.07) is -1.64. The highest BCUT2D eigenvalue weighted by molar-refractivity contribution is 5.77. The Morgan fingerprint density at radius 2 is 2.27 bits per heavy atom. The number of nitrogens with zero attached hydrogens (tertiary/aromatic N) is 1. The Bertz CT molecular complexity index is 175. The normalized spacial score (nSPS) is 24.7. The van der Waals surface area contributed by atoms with E-state index in [9.17, 15) is 13.2 Å². The van der Waals surface area contributed by atoms with Crippen molar-refractivity contribution in [2.24, 2.45) is 4.99 Å². The molecule has 0 radical (unpaired) electrons. The van der Waals surface area contributed by atoms with Crippen molar-refractivity contribution in [3.05, 3.63) is 0 Å². The summed E-state index contributed by atoms with van der Waals surface area (Å²) in [5, 5.41) is 0. The van der Waals surface area contributed by atoms with Crippen molar-refractivity contribution in [2.45, 2.75) is 25.6 Å². The van der Waals surface area contributed by atoms with Crippen LogP contribution in [0.4, 0.5) is 13.2 Å². The minimum Gasteiger partial charge on any atom is -0.478 e. The summed E-state index contributed by atoms with van der Waals surface area (Å²) < 4.78 is 40.3. The van der Waals surface area contributed by atoms with Gasteiger partial charge in [0.2, 0.25) is 0 Å². The smallest absolute Gasteiger partial charge is 0.414 e. The Labute approximate surface area is 62.1 Å². The van der Waals surface area contributed by atoms with E-state index in [0.717, 1.165) is 0 Å². The molecule has 0 saturated heterocycles. The van der Waals surface area contributed by atoms with Crippen LogP contribution in [0.3, 0.4) is 0 Å². The molecule has 1 atom stereocenters.